The van der Waals surface area contributed by atoms with Crippen LogP contribution in [0.25, 0.3) is 0 Å². The molecule has 1 saturated heterocycles. The van der Waals surface area contributed by atoms with Crippen LogP contribution in [0.2, 0.25) is 0 Å². The topological polar surface area (TPSA) is 104 Å². The predicted molar refractivity (Wildman–Crippen MR) is 67.6 cm³/mol. The Kier molecular flexibility index (Phi) is 3.67. The molecule has 0 bridgehead atoms. The minimum absolute atomic E-state index is 0.0720. The summed E-state index contributed by atoms with van der Waals surface area (Å²) in [6.45, 7) is 1.42. The first-order valence-corrected chi connectivity index (χ1v) is 7.49. The molecule has 104 valence electrons. The minimum atomic E-state index is -3.20. The van der Waals surface area contributed by atoms with Crippen LogP contribution in [0.5, 0.6) is 0 Å². The quantitative estimate of drug-likeness (QED) is 0.780. The van der Waals surface area contributed by atoms with Gasteiger partial charge in [-0.25, -0.2) is 13.2 Å². The molecule has 1 aromatic rings. The van der Waals surface area contributed by atoms with Crippen molar-refractivity contribution in [1.82, 2.24) is 14.5 Å². The van der Waals surface area contributed by atoms with Crippen LogP contribution in [0.1, 0.15) is 10.4 Å². The molecule has 0 spiro atoms. The first-order chi connectivity index (χ1) is 8.89. The van der Waals surface area contributed by atoms with E-state index in [1.807, 2.05) is 0 Å². The number of aromatic carboxylic acids is 1. The molecule has 0 unspecified atom stereocenters. The third-order valence-corrected chi connectivity index (χ3v) is 4.24. The predicted octanol–water partition coefficient (Wildman–Crippen LogP) is -0.744. The van der Waals surface area contributed by atoms with E-state index in [4.69, 9.17) is 5.11 Å². The van der Waals surface area contributed by atoms with Crippen molar-refractivity contribution in [3.8, 4) is 0 Å². The van der Waals surface area contributed by atoms with E-state index < -0.39 is 16.0 Å². The molecule has 0 radical (unpaired) electrons. The maximum Gasteiger partial charge on any atom is 0.339 e. The van der Waals surface area contributed by atoms with Gasteiger partial charge in [0.2, 0.25) is 10.0 Å². The third-order valence-electron chi connectivity index (χ3n) is 2.94. The Labute approximate surface area is 110 Å². The summed E-state index contributed by atoms with van der Waals surface area (Å²) in [5.41, 5.74) is 0.0720. The zero-order chi connectivity index (χ0) is 14.0. The summed E-state index contributed by atoms with van der Waals surface area (Å²) < 4.78 is 24.1. The highest BCUT2D eigenvalue weighted by molar-refractivity contribution is 7.88. The molecule has 1 fully saturated rings. The van der Waals surface area contributed by atoms with Gasteiger partial charge in [-0.05, 0) is 6.07 Å². The summed E-state index contributed by atoms with van der Waals surface area (Å²) in [5, 5.41) is 16.6. The van der Waals surface area contributed by atoms with E-state index in [2.05, 4.69) is 10.2 Å². The van der Waals surface area contributed by atoms with Crippen molar-refractivity contribution in [2.45, 2.75) is 0 Å². The minimum Gasteiger partial charge on any atom is -0.478 e. The number of hydrogen-bond acceptors (Lipinski definition) is 6. The van der Waals surface area contributed by atoms with Crippen LogP contribution in [-0.4, -0.2) is 66.4 Å². The molecular formula is C10H14N4O4S. The van der Waals surface area contributed by atoms with Gasteiger partial charge in [-0.15, -0.1) is 5.10 Å². The standard InChI is InChI=1S/C10H14N4O4S/c1-19(17,18)14-6-4-13(5-7-14)9-8(10(15)16)2-3-11-12-9/h2-3H,4-7H2,1H3,(H,15,16). The van der Waals surface area contributed by atoms with Crippen molar-refractivity contribution in [3.05, 3.63) is 17.8 Å². The van der Waals surface area contributed by atoms with Gasteiger partial charge in [-0.3, -0.25) is 0 Å². The second-order valence-electron chi connectivity index (χ2n) is 4.22. The van der Waals surface area contributed by atoms with Gasteiger partial charge >= 0.3 is 5.97 Å². The number of nitrogens with zero attached hydrogens (tertiary/aromatic N) is 4. The van der Waals surface area contributed by atoms with Crippen LogP contribution in [0.4, 0.5) is 5.82 Å². The number of piperazine rings is 1. The Bertz CT molecular complexity index is 581. The highest BCUT2D eigenvalue weighted by atomic mass is 32.2. The molecule has 9 heteroatoms. The Hall–Kier alpha value is -1.74. The van der Waals surface area contributed by atoms with Gasteiger partial charge in [0.05, 0.1) is 12.5 Å². The molecule has 2 rings (SSSR count). The maximum atomic E-state index is 11.4. The average Bonchev–Trinajstić information content (AvgIpc) is 2.38. The Morgan fingerprint density at radius 3 is 2.47 bits per heavy atom. The van der Waals surface area contributed by atoms with Gasteiger partial charge in [0, 0.05) is 26.2 Å². The number of carboxylic acids is 1. The summed E-state index contributed by atoms with van der Waals surface area (Å²) >= 11 is 0. The van der Waals surface area contributed by atoms with E-state index in [-0.39, 0.29) is 11.4 Å². The highest BCUT2D eigenvalue weighted by Gasteiger charge is 2.26. The Morgan fingerprint density at radius 2 is 1.95 bits per heavy atom. The van der Waals surface area contributed by atoms with Crippen molar-refractivity contribution in [3.63, 3.8) is 0 Å². The second kappa shape index (κ2) is 5.10. The van der Waals surface area contributed by atoms with Crippen LogP contribution >= 0.6 is 0 Å². The molecule has 2 heterocycles. The Morgan fingerprint density at radius 1 is 1.32 bits per heavy atom. The third kappa shape index (κ3) is 2.99. The molecule has 0 amide bonds. The number of carboxylic acid groups (broad SMARTS) is 1. The monoisotopic (exact) mass is 286 g/mol. The molecule has 0 aliphatic carbocycles. The summed E-state index contributed by atoms with van der Waals surface area (Å²) in [4.78, 5) is 12.8. The molecular weight excluding hydrogens is 272 g/mol. The highest BCUT2D eigenvalue weighted by Crippen LogP contribution is 2.18. The zero-order valence-electron chi connectivity index (χ0n) is 10.4. The van der Waals surface area contributed by atoms with Crippen LogP contribution in [-0.2, 0) is 10.0 Å². The first kappa shape index (κ1) is 13.7. The van der Waals surface area contributed by atoms with Crippen LogP contribution in [0.15, 0.2) is 12.3 Å². The van der Waals surface area contributed by atoms with E-state index in [9.17, 15) is 13.2 Å². The fourth-order valence-corrected chi connectivity index (χ4v) is 2.78. The number of anilines is 1. The van der Waals surface area contributed by atoms with Gasteiger partial charge < -0.3 is 10.0 Å². The second-order valence-corrected chi connectivity index (χ2v) is 6.21. The number of sulfonamides is 1. The number of hydrogen-bond donors (Lipinski definition) is 1. The largest absolute Gasteiger partial charge is 0.478 e. The number of rotatable bonds is 3. The lowest BCUT2D eigenvalue weighted by Crippen LogP contribution is -2.49. The molecule has 0 atom stereocenters. The maximum absolute atomic E-state index is 11.4. The Balaban J connectivity index is 2.16. The van der Waals surface area contributed by atoms with Crippen molar-refractivity contribution in [1.29, 1.82) is 0 Å². The van der Waals surface area contributed by atoms with Crippen molar-refractivity contribution in [2.24, 2.45) is 0 Å². The van der Waals surface area contributed by atoms with Gasteiger partial charge in [0.15, 0.2) is 5.82 Å². The van der Waals surface area contributed by atoms with Gasteiger partial charge in [-0.2, -0.15) is 9.40 Å². The summed E-state index contributed by atoms with van der Waals surface area (Å²) in [7, 11) is -3.20. The van der Waals surface area contributed by atoms with E-state index >= 15 is 0 Å². The SMILES string of the molecule is CS(=O)(=O)N1CCN(c2nnccc2C(=O)O)CC1. The van der Waals surface area contributed by atoms with Crippen LogP contribution in [0, 0.1) is 0 Å². The number of aromatic nitrogens is 2. The van der Waals surface area contributed by atoms with Crippen molar-refractivity contribution < 1.29 is 18.3 Å². The zero-order valence-corrected chi connectivity index (χ0v) is 11.2. The van der Waals surface area contributed by atoms with Gasteiger partial charge in [0.25, 0.3) is 0 Å². The van der Waals surface area contributed by atoms with E-state index in [1.54, 1.807) is 4.90 Å². The van der Waals surface area contributed by atoms with Crippen molar-refractivity contribution >= 4 is 21.8 Å². The lowest BCUT2D eigenvalue weighted by atomic mass is 10.2. The van der Waals surface area contributed by atoms with E-state index in [0.717, 1.165) is 6.26 Å². The molecule has 1 aliphatic rings. The fraction of sp³-hybridized carbons (Fsp3) is 0.500. The average molecular weight is 286 g/mol. The summed E-state index contributed by atoms with van der Waals surface area (Å²) in [6, 6.07) is 1.38. The normalized spacial score (nSPS) is 17.4. The van der Waals surface area contributed by atoms with Crippen molar-refractivity contribution in [2.75, 3.05) is 37.3 Å². The van der Waals surface area contributed by atoms with Gasteiger partial charge in [0.1, 0.15) is 5.56 Å². The summed E-state index contributed by atoms with van der Waals surface area (Å²) in [6.07, 6.45) is 2.48. The first-order valence-electron chi connectivity index (χ1n) is 5.64. The van der Waals surface area contributed by atoms with E-state index in [1.165, 1.54) is 16.6 Å². The molecule has 1 N–H and O–H groups in total. The van der Waals surface area contributed by atoms with E-state index in [0.29, 0.717) is 26.2 Å². The van der Waals surface area contributed by atoms with Crippen LogP contribution in [0.3, 0.4) is 0 Å². The molecule has 0 saturated carbocycles. The van der Waals surface area contributed by atoms with Gasteiger partial charge in [-0.1, -0.05) is 0 Å². The molecule has 19 heavy (non-hydrogen) atoms. The molecule has 8 nitrogen and oxygen atoms in total. The smallest absolute Gasteiger partial charge is 0.339 e. The lowest BCUT2D eigenvalue weighted by molar-refractivity contribution is 0.0696. The van der Waals surface area contributed by atoms with Crippen LogP contribution < -0.4 is 4.90 Å². The molecule has 0 aromatic carbocycles. The lowest BCUT2D eigenvalue weighted by Gasteiger charge is -2.34. The fourth-order valence-electron chi connectivity index (χ4n) is 1.96. The number of carbonyl (C=O) groups is 1. The summed E-state index contributed by atoms with van der Waals surface area (Å²) in [5.74, 6) is -0.793. The molecule has 1 aliphatic heterocycles. The molecule has 1 aromatic heterocycles.